The van der Waals surface area contributed by atoms with Crippen molar-refractivity contribution in [2.24, 2.45) is 5.92 Å². The summed E-state index contributed by atoms with van der Waals surface area (Å²) in [6, 6.07) is 5.55. The van der Waals surface area contributed by atoms with E-state index in [9.17, 15) is 19.5 Å². The van der Waals surface area contributed by atoms with Crippen LogP contribution in [-0.2, 0) is 25.7 Å². The van der Waals surface area contributed by atoms with Crippen LogP contribution in [0.1, 0.15) is 38.7 Å². The number of amides is 2. The molecule has 0 aromatic heterocycles. The van der Waals surface area contributed by atoms with Crippen molar-refractivity contribution >= 4 is 17.8 Å². The van der Waals surface area contributed by atoms with Crippen LogP contribution in [0.4, 0.5) is 0 Å². The normalized spacial score (nSPS) is 17.0. The molecular formula is C17H22N2O5. The van der Waals surface area contributed by atoms with Crippen LogP contribution in [0, 0.1) is 5.92 Å². The third-order valence-corrected chi connectivity index (χ3v) is 4.10. The second-order valence-electron chi connectivity index (χ2n) is 5.89. The molecule has 2 amide bonds. The van der Waals surface area contributed by atoms with Gasteiger partial charge in [0, 0.05) is 12.8 Å². The van der Waals surface area contributed by atoms with E-state index in [1.165, 1.54) is 12.1 Å². The van der Waals surface area contributed by atoms with E-state index in [0.717, 1.165) is 10.6 Å². The number of hydrogen-bond donors (Lipinski definition) is 2. The van der Waals surface area contributed by atoms with Crippen LogP contribution in [0.2, 0.25) is 0 Å². The third kappa shape index (κ3) is 4.32. The molecule has 1 aromatic rings. The Labute approximate surface area is 140 Å². The number of esters is 1. The van der Waals surface area contributed by atoms with Crippen LogP contribution in [0.5, 0.6) is 5.75 Å². The summed E-state index contributed by atoms with van der Waals surface area (Å²) >= 11 is 0. The number of benzene rings is 1. The highest BCUT2D eigenvalue weighted by molar-refractivity contribution is 6.01. The number of phenolic OH excluding ortho intramolecular Hbond substituents is 1. The number of carbonyl (C=O) groups excluding carboxylic acids is 3. The number of hydrazine groups is 1. The van der Waals surface area contributed by atoms with Gasteiger partial charge in [0.2, 0.25) is 11.8 Å². The molecular weight excluding hydrogens is 312 g/mol. The van der Waals surface area contributed by atoms with E-state index in [1.807, 2.05) is 13.8 Å². The van der Waals surface area contributed by atoms with E-state index < -0.39 is 12.0 Å². The van der Waals surface area contributed by atoms with Gasteiger partial charge in [-0.15, -0.1) is 0 Å². The fourth-order valence-corrected chi connectivity index (χ4v) is 2.34. The molecule has 2 N–H and O–H groups in total. The van der Waals surface area contributed by atoms with Crippen LogP contribution in [0.25, 0.3) is 0 Å². The number of imide groups is 1. The Hall–Kier alpha value is -2.41. The number of nitrogens with one attached hydrogen (secondary N) is 1. The molecule has 2 rings (SSSR count). The molecule has 1 aliphatic rings. The lowest BCUT2D eigenvalue weighted by molar-refractivity contribution is -0.154. The lowest BCUT2D eigenvalue weighted by atomic mass is 10.00. The topological polar surface area (TPSA) is 95.9 Å². The van der Waals surface area contributed by atoms with E-state index in [0.29, 0.717) is 6.42 Å². The van der Waals surface area contributed by atoms with Gasteiger partial charge in [0.1, 0.15) is 18.4 Å². The standard InChI is InChI=1S/C17H22N2O5/c1-3-11(2)16(18-19-14(21)8-9-15(19)22)17(23)24-10-12-4-6-13(20)7-5-12/h4-7,11,16,18,20H,3,8-10H2,1-2H3/t11-,16-/m0/s1. The van der Waals surface area contributed by atoms with E-state index in [-0.39, 0.29) is 42.9 Å². The van der Waals surface area contributed by atoms with Crippen molar-refractivity contribution in [2.45, 2.75) is 45.8 Å². The van der Waals surface area contributed by atoms with Crippen LogP contribution in [0.15, 0.2) is 24.3 Å². The van der Waals surface area contributed by atoms with Crippen molar-refractivity contribution < 1.29 is 24.2 Å². The van der Waals surface area contributed by atoms with Crippen molar-refractivity contribution in [3.63, 3.8) is 0 Å². The fraction of sp³-hybridized carbons (Fsp3) is 0.471. The Balaban J connectivity index is 2.01. The van der Waals surface area contributed by atoms with Gasteiger partial charge in [-0.3, -0.25) is 14.4 Å². The summed E-state index contributed by atoms with van der Waals surface area (Å²) in [6.45, 7) is 3.82. The summed E-state index contributed by atoms with van der Waals surface area (Å²) in [5.41, 5.74) is 3.46. The molecule has 1 saturated heterocycles. The highest BCUT2D eigenvalue weighted by Gasteiger charge is 2.35. The lowest BCUT2D eigenvalue weighted by Gasteiger charge is -2.26. The first-order valence-electron chi connectivity index (χ1n) is 7.99. The molecule has 7 nitrogen and oxygen atoms in total. The van der Waals surface area contributed by atoms with Crippen LogP contribution >= 0.6 is 0 Å². The monoisotopic (exact) mass is 334 g/mol. The molecule has 24 heavy (non-hydrogen) atoms. The van der Waals surface area contributed by atoms with Crippen molar-refractivity contribution in [3.8, 4) is 5.75 Å². The number of carbonyl (C=O) groups is 3. The molecule has 130 valence electrons. The average Bonchev–Trinajstić information content (AvgIpc) is 2.89. The maximum absolute atomic E-state index is 12.4. The molecule has 1 aliphatic heterocycles. The van der Waals surface area contributed by atoms with Gasteiger partial charge in [-0.25, -0.2) is 10.4 Å². The fourth-order valence-electron chi connectivity index (χ4n) is 2.34. The van der Waals surface area contributed by atoms with E-state index in [4.69, 9.17) is 4.74 Å². The largest absolute Gasteiger partial charge is 0.508 e. The van der Waals surface area contributed by atoms with Gasteiger partial charge < -0.3 is 9.84 Å². The summed E-state index contributed by atoms with van der Waals surface area (Å²) in [6.07, 6.45) is 0.991. The zero-order valence-corrected chi connectivity index (χ0v) is 13.8. The Kier molecular flexibility index (Phi) is 5.92. The van der Waals surface area contributed by atoms with Gasteiger partial charge in [-0.1, -0.05) is 32.4 Å². The molecule has 0 spiro atoms. The predicted octanol–water partition coefficient (Wildman–Crippen LogP) is 1.50. The Morgan fingerprint density at radius 2 is 1.83 bits per heavy atom. The van der Waals surface area contributed by atoms with Gasteiger partial charge in [-0.05, 0) is 23.6 Å². The Bertz CT molecular complexity index is 598. The molecule has 1 aromatic carbocycles. The molecule has 0 aliphatic carbocycles. The quantitative estimate of drug-likeness (QED) is 0.579. The highest BCUT2D eigenvalue weighted by atomic mass is 16.5. The maximum atomic E-state index is 12.4. The SMILES string of the molecule is CC[C@H](C)[C@H](NN1C(=O)CCC1=O)C(=O)OCc1ccc(O)cc1. The van der Waals surface area contributed by atoms with Gasteiger partial charge in [0.15, 0.2) is 0 Å². The second kappa shape index (κ2) is 7.92. The van der Waals surface area contributed by atoms with Gasteiger partial charge in [0.25, 0.3) is 0 Å². The first kappa shape index (κ1) is 17.9. The Morgan fingerprint density at radius 3 is 2.38 bits per heavy atom. The first-order chi connectivity index (χ1) is 11.4. The van der Waals surface area contributed by atoms with Crippen LogP contribution in [-0.4, -0.2) is 33.9 Å². The molecule has 0 unspecified atom stereocenters. The zero-order valence-electron chi connectivity index (χ0n) is 13.8. The van der Waals surface area contributed by atoms with Crippen molar-refractivity contribution in [3.05, 3.63) is 29.8 Å². The maximum Gasteiger partial charge on any atom is 0.325 e. The molecule has 0 radical (unpaired) electrons. The minimum atomic E-state index is -0.780. The predicted molar refractivity (Wildman–Crippen MR) is 85.4 cm³/mol. The summed E-state index contributed by atoms with van der Waals surface area (Å²) in [4.78, 5) is 35.9. The average molecular weight is 334 g/mol. The molecule has 2 atom stereocenters. The van der Waals surface area contributed by atoms with E-state index in [1.54, 1.807) is 12.1 Å². The van der Waals surface area contributed by atoms with Crippen molar-refractivity contribution in [1.29, 1.82) is 0 Å². The van der Waals surface area contributed by atoms with E-state index in [2.05, 4.69) is 5.43 Å². The number of ether oxygens (including phenoxy) is 1. The van der Waals surface area contributed by atoms with Crippen LogP contribution in [0.3, 0.4) is 0 Å². The highest BCUT2D eigenvalue weighted by Crippen LogP contribution is 2.16. The Morgan fingerprint density at radius 1 is 1.25 bits per heavy atom. The minimum absolute atomic E-state index is 0.0512. The van der Waals surface area contributed by atoms with Gasteiger partial charge >= 0.3 is 5.97 Å². The molecule has 7 heteroatoms. The smallest absolute Gasteiger partial charge is 0.325 e. The minimum Gasteiger partial charge on any atom is -0.508 e. The van der Waals surface area contributed by atoms with E-state index >= 15 is 0 Å². The van der Waals surface area contributed by atoms with Crippen molar-refractivity contribution in [1.82, 2.24) is 10.4 Å². The number of aromatic hydroxyl groups is 1. The van der Waals surface area contributed by atoms with Crippen molar-refractivity contribution in [2.75, 3.05) is 0 Å². The molecule has 0 saturated carbocycles. The first-order valence-corrected chi connectivity index (χ1v) is 7.99. The number of nitrogens with zero attached hydrogens (tertiary/aromatic N) is 1. The molecule has 0 bridgehead atoms. The number of phenols is 1. The number of hydrogen-bond acceptors (Lipinski definition) is 6. The third-order valence-electron chi connectivity index (χ3n) is 4.10. The van der Waals surface area contributed by atoms with Crippen LogP contribution < -0.4 is 5.43 Å². The summed E-state index contributed by atoms with van der Waals surface area (Å²) < 4.78 is 5.30. The molecule has 1 fully saturated rings. The lowest BCUT2D eigenvalue weighted by Crippen LogP contribution is -2.53. The second-order valence-corrected chi connectivity index (χ2v) is 5.89. The zero-order chi connectivity index (χ0) is 17.7. The molecule has 1 heterocycles. The summed E-state index contributed by atoms with van der Waals surface area (Å²) in [7, 11) is 0. The summed E-state index contributed by atoms with van der Waals surface area (Å²) in [5, 5.41) is 10.2. The van der Waals surface area contributed by atoms with Gasteiger partial charge in [-0.2, -0.15) is 0 Å². The summed E-state index contributed by atoms with van der Waals surface area (Å²) in [5.74, 6) is -1.17. The number of rotatable bonds is 7. The van der Waals surface area contributed by atoms with Gasteiger partial charge in [0.05, 0.1) is 0 Å².